The van der Waals surface area contributed by atoms with Crippen LogP contribution in [-0.4, -0.2) is 21.8 Å². The zero-order valence-corrected chi connectivity index (χ0v) is 11.3. The van der Waals surface area contributed by atoms with E-state index in [-0.39, 0.29) is 10.6 Å². The van der Waals surface area contributed by atoms with Gasteiger partial charge in [-0.25, -0.2) is 4.79 Å². The zero-order chi connectivity index (χ0) is 13.5. The predicted molar refractivity (Wildman–Crippen MR) is 65.8 cm³/mol. The molecule has 4 nitrogen and oxygen atoms in total. The number of carbonyl (C=O) groups excluding carboxylic acids is 1. The second-order valence-electron chi connectivity index (χ2n) is 3.82. The summed E-state index contributed by atoms with van der Waals surface area (Å²) in [5.74, 6) is -2.77. The molecule has 1 aromatic heterocycles. The minimum absolute atomic E-state index is 0.0173. The van der Waals surface area contributed by atoms with Gasteiger partial charge in [0, 0.05) is 20.8 Å². The molecule has 98 valence electrons. The van der Waals surface area contributed by atoms with Crippen LogP contribution in [0.3, 0.4) is 0 Å². The molecule has 0 bridgehead atoms. The lowest BCUT2D eigenvalue weighted by atomic mass is 10.1. The largest absolute Gasteiger partial charge is 0.478 e. The van der Waals surface area contributed by atoms with Gasteiger partial charge in [0.25, 0.3) is 0 Å². The number of anilines is 1. The van der Waals surface area contributed by atoms with E-state index in [2.05, 4.69) is 0 Å². The Morgan fingerprint density at radius 3 is 2.61 bits per heavy atom. The van der Waals surface area contributed by atoms with Crippen LogP contribution in [0.5, 0.6) is 0 Å². The average Bonchev–Trinajstić information content (AvgIpc) is 2.74. The Kier molecular flexibility index (Phi) is 3.41. The van der Waals surface area contributed by atoms with Crippen molar-refractivity contribution >= 4 is 44.1 Å². The predicted octanol–water partition coefficient (Wildman–Crippen LogP) is 2.86. The van der Waals surface area contributed by atoms with Crippen molar-refractivity contribution in [3.8, 4) is 0 Å². The van der Waals surface area contributed by atoms with E-state index < -0.39 is 16.7 Å². The molecule has 18 heavy (non-hydrogen) atoms. The van der Waals surface area contributed by atoms with Crippen LogP contribution < -0.4 is 5.32 Å². The first kappa shape index (κ1) is 13.4. The molecule has 0 saturated heterocycles. The maximum absolute atomic E-state index is 12.7. The van der Waals surface area contributed by atoms with Crippen molar-refractivity contribution in [3.05, 3.63) is 16.0 Å². The number of nitrogens with one attached hydrogen (secondary N) is 1. The van der Waals surface area contributed by atoms with Crippen LogP contribution >= 0.6 is 27.3 Å². The van der Waals surface area contributed by atoms with Gasteiger partial charge >= 0.3 is 16.7 Å². The topological polar surface area (TPSA) is 66.4 Å². The van der Waals surface area contributed by atoms with E-state index in [1.165, 1.54) is 0 Å². The van der Waals surface area contributed by atoms with E-state index in [1.807, 2.05) is 21.2 Å². The third-order valence-electron chi connectivity index (χ3n) is 2.62. The number of hydrogen-bond acceptors (Lipinski definition) is 3. The summed E-state index contributed by atoms with van der Waals surface area (Å²) in [5, 5.41) is 11.0. The lowest BCUT2D eigenvalue weighted by Crippen LogP contribution is -2.28. The van der Waals surface area contributed by atoms with Crippen molar-refractivity contribution in [1.29, 1.82) is 0 Å². The molecule has 8 heteroatoms. The SMILES string of the molecule is O=C(O)c1c(NC(=O)C(F)(F)Br)sc2c1CCC2. The fourth-order valence-electron chi connectivity index (χ4n) is 1.89. The minimum atomic E-state index is -3.71. The number of amides is 1. The first-order valence-corrected chi connectivity index (χ1v) is 6.67. The first-order valence-electron chi connectivity index (χ1n) is 5.06. The lowest BCUT2D eigenvalue weighted by Gasteiger charge is -2.09. The number of aromatic carboxylic acids is 1. The molecule has 1 heterocycles. The number of fused-ring (bicyclic) bond motifs is 1. The van der Waals surface area contributed by atoms with Gasteiger partial charge in [0.15, 0.2) is 0 Å². The number of alkyl halides is 3. The fourth-order valence-corrected chi connectivity index (χ4v) is 3.27. The van der Waals surface area contributed by atoms with E-state index in [0.717, 1.165) is 29.1 Å². The van der Waals surface area contributed by atoms with Crippen LogP contribution in [0.1, 0.15) is 27.2 Å². The fraction of sp³-hybridized carbons (Fsp3) is 0.400. The molecule has 0 aromatic carbocycles. The zero-order valence-electron chi connectivity index (χ0n) is 8.93. The van der Waals surface area contributed by atoms with E-state index in [1.54, 1.807) is 0 Å². The molecule has 0 fully saturated rings. The molecular weight excluding hydrogens is 332 g/mol. The standard InChI is InChI=1S/C10H8BrF2NO3S/c11-10(12,13)9(17)14-7-6(8(15)16)4-2-1-3-5(4)18-7/h1-3H2,(H,14,17)(H,15,16). The number of halogens is 3. The molecular formula is C10H8BrF2NO3S. The smallest absolute Gasteiger partial charge is 0.378 e. The Balaban J connectivity index is 2.35. The molecule has 0 unspecified atom stereocenters. The maximum Gasteiger partial charge on any atom is 0.378 e. The molecule has 0 spiro atoms. The molecule has 0 saturated carbocycles. The number of hydrogen-bond donors (Lipinski definition) is 2. The number of carboxylic acids is 1. The summed E-state index contributed by atoms with van der Waals surface area (Å²) in [6.45, 7) is 0. The monoisotopic (exact) mass is 339 g/mol. The highest BCUT2D eigenvalue weighted by molar-refractivity contribution is 9.10. The van der Waals surface area contributed by atoms with Gasteiger partial charge in [-0.1, -0.05) is 0 Å². The summed E-state index contributed by atoms with van der Waals surface area (Å²) >= 11 is 2.99. The Bertz CT molecular complexity index is 524. The quantitative estimate of drug-likeness (QED) is 0.832. The van der Waals surface area contributed by atoms with Crippen LogP contribution in [0.2, 0.25) is 0 Å². The van der Waals surface area contributed by atoms with Gasteiger partial charge in [0.2, 0.25) is 0 Å². The Hall–Kier alpha value is -1.02. The second kappa shape index (κ2) is 4.58. The summed E-state index contributed by atoms with van der Waals surface area (Å²) in [4.78, 5) is 19.4. The van der Waals surface area contributed by atoms with E-state index in [9.17, 15) is 18.4 Å². The van der Waals surface area contributed by atoms with E-state index in [4.69, 9.17) is 5.11 Å². The third kappa shape index (κ3) is 2.39. The highest BCUT2D eigenvalue weighted by atomic mass is 79.9. The normalized spacial score (nSPS) is 14.4. The van der Waals surface area contributed by atoms with Crippen molar-refractivity contribution in [2.75, 3.05) is 5.32 Å². The van der Waals surface area contributed by atoms with Crippen LogP contribution in [0.25, 0.3) is 0 Å². The molecule has 0 atom stereocenters. The maximum atomic E-state index is 12.7. The molecule has 1 aliphatic rings. The van der Waals surface area contributed by atoms with Crippen molar-refractivity contribution < 1.29 is 23.5 Å². The Morgan fingerprint density at radius 1 is 1.39 bits per heavy atom. The Labute approximate surface area is 113 Å². The number of rotatable bonds is 3. The summed E-state index contributed by atoms with van der Waals surface area (Å²) in [6.07, 6.45) is 2.18. The van der Waals surface area contributed by atoms with Crippen LogP contribution in [0, 0.1) is 0 Å². The number of aryl methyl sites for hydroxylation is 1. The summed E-state index contributed by atoms with van der Waals surface area (Å²) in [6, 6.07) is 0. The third-order valence-corrected chi connectivity index (χ3v) is 4.19. The number of thiophene rings is 1. The van der Waals surface area contributed by atoms with Gasteiger partial charge in [-0.05, 0) is 24.8 Å². The molecule has 0 radical (unpaired) electrons. The summed E-state index contributed by atoms with van der Waals surface area (Å²) < 4.78 is 25.4. The molecule has 0 aliphatic heterocycles. The van der Waals surface area contributed by atoms with Crippen molar-refractivity contribution in [1.82, 2.24) is 0 Å². The molecule has 1 aromatic rings. The Morgan fingerprint density at radius 2 is 2.06 bits per heavy atom. The first-order chi connectivity index (χ1) is 8.30. The molecule has 1 aliphatic carbocycles. The van der Waals surface area contributed by atoms with Crippen molar-refractivity contribution in [2.24, 2.45) is 0 Å². The average molecular weight is 340 g/mol. The minimum Gasteiger partial charge on any atom is -0.478 e. The van der Waals surface area contributed by atoms with E-state index in [0.29, 0.717) is 12.0 Å². The van der Waals surface area contributed by atoms with Gasteiger partial charge in [-0.15, -0.1) is 11.3 Å². The van der Waals surface area contributed by atoms with Gasteiger partial charge in [-0.3, -0.25) is 4.79 Å². The summed E-state index contributed by atoms with van der Waals surface area (Å²) in [7, 11) is 0. The van der Waals surface area contributed by atoms with Gasteiger partial charge in [0.1, 0.15) is 5.00 Å². The highest BCUT2D eigenvalue weighted by Crippen LogP contribution is 2.39. The lowest BCUT2D eigenvalue weighted by molar-refractivity contribution is -0.128. The van der Waals surface area contributed by atoms with Gasteiger partial charge in [-0.2, -0.15) is 8.78 Å². The van der Waals surface area contributed by atoms with Crippen LogP contribution in [-0.2, 0) is 17.6 Å². The molecule has 2 rings (SSSR count). The number of carboxylic acid groups (broad SMARTS) is 1. The molecule has 2 N–H and O–H groups in total. The van der Waals surface area contributed by atoms with Crippen molar-refractivity contribution in [3.63, 3.8) is 0 Å². The van der Waals surface area contributed by atoms with E-state index >= 15 is 0 Å². The molecule has 1 amide bonds. The van der Waals surface area contributed by atoms with Crippen LogP contribution in [0.4, 0.5) is 13.8 Å². The highest BCUT2D eigenvalue weighted by Gasteiger charge is 2.37. The van der Waals surface area contributed by atoms with Crippen molar-refractivity contribution in [2.45, 2.75) is 24.1 Å². The van der Waals surface area contributed by atoms with Gasteiger partial charge in [0.05, 0.1) is 5.56 Å². The van der Waals surface area contributed by atoms with Crippen LogP contribution in [0.15, 0.2) is 0 Å². The number of carbonyl (C=O) groups is 2. The van der Waals surface area contributed by atoms with Gasteiger partial charge < -0.3 is 10.4 Å². The second-order valence-corrected chi connectivity index (χ2v) is 5.92. The summed E-state index contributed by atoms with van der Waals surface area (Å²) in [5.41, 5.74) is 0.596.